The Morgan fingerprint density at radius 2 is 2.09 bits per heavy atom. The molecule has 32 heavy (non-hydrogen) atoms. The van der Waals surface area contributed by atoms with Gasteiger partial charge in [-0.1, -0.05) is 36.4 Å². The summed E-state index contributed by atoms with van der Waals surface area (Å²) in [6.07, 6.45) is 7.02. The number of nitrogens with zero attached hydrogens (tertiary/aromatic N) is 3. The Morgan fingerprint density at radius 3 is 2.78 bits per heavy atom. The van der Waals surface area contributed by atoms with Gasteiger partial charge in [-0.3, -0.25) is 9.78 Å². The number of para-hydroxylation sites is 1. The molecule has 2 aromatic heterocycles. The van der Waals surface area contributed by atoms with Crippen LogP contribution in [0.15, 0.2) is 55.4 Å². The van der Waals surface area contributed by atoms with Crippen molar-refractivity contribution >= 4 is 34.1 Å². The summed E-state index contributed by atoms with van der Waals surface area (Å²) in [6.45, 7) is 7.84. The minimum absolute atomic E-state index is 0.123. The van der Waals surface area contributed by atoms with Gasteiger partial charge in [0.1, 0.15) is 17.9 Å². The Kier molecular flexibility index (Phi) is 7.49. The molecule has 0 saturated carbocycles. The van der Waals surface area contributed by atoms with Crippen LogP contribution in [0.25, 0.3) is 16.6 Å². The summed E-state index contributed by atoms with van der Waals surface area (Å²) in [7, 11) is 4.00. The molecule has 2 heterocycles. The molecule has 1 N–H and O–H groups in total. The van der Waals surface area contributed by atoms with Crippen LogP contribution in [0.3, 0.4) is 0 Å². The van der Waals surface area contributed by atoms with Crippen LogP contribution < -0.4 is 10.1 Å². The maximum Gasteiger partial charge on any atom is 0.217 e. The maximum absolute atomic E-state index is 11.3. The van der Waals surface area contributed by atoms with Gasteiger partial charge < -0.3 is 15.0 Å². The summed E-state index contributed by atoms with van der Waals surface area (Å²) in [5, 5.41) is 4.25. The van der Waals surface area contributed by atoms with Crippen LogP contribution in [-0.2, 0) is 17.9 Å². The number of carbonyl (C=O) groups excluding carboxylic acids is 1. The summed E-state index contributed by atoms with van der Waals surface area (Å²) in [5.41, 5.74) is 5.32. The summed E-state index contributed by atoms with van der Waals surface area (Å²) >= 11 is 6.40. The molecule has 0 spiro atoms. The average molecular weight is 451 g/mol. The lowest BCUT2D eigenvalue weighted by molar-refractivity contribution is -0.119. The molecule has 6 nitrogen and oxygen atoms in total. The highest BCUT2D eigenvalue weighted by molar-refractivity contribution is 6.31. The molecule has 3 rings (SSSR count). The topological polar surface area (TPSA) is 67.4 Å². The summed E-state index contributed by atoms with van der Waals surface area (Å²) in [6, 6.07) is 7.94. The summed E-state index contributed by atoms with van der Waals surface area (Å²) < 4.78 is 6.20. The van der Waals surface area contributed by atoms with Gasteiger partial charge in [-0.2, -0.15) is 0 Å². The van der Waals surface area contributed by atoms with E-state index >= 15 is 0 Å². The molecule has 0 unspecified atom stereocenters. The van der Waals surface area contributed by atoms with Crippen molar-refractivity contribution in [2.45, 2.75) is 27.0 Å². The molecular weight excluding hydrogens is 424 g/mol. The third kappa shape index (κ3) is 5.26. The van der Waals surface area contributed by atoms with Gasteiger partial charge in [0.2, 0.25) is 5.91 Å². The lowest BCUT2D eigenvalue weighted by Crippen LogP contribution is -2.20. The zero-order valence-corrected chi connectivity index (χ0v) is 19.5. The van der Waals surface area contributed by atoms with Gasteiger partial charge in [0.15, 0.2) is 0 Å². The van der Waals surface area contributed by atoms with Gasteiger partial charge in [-0.25, -0.2) is 4.98 Å². The fraction of sp³-hybridized carbons (Fsp3) is 0.240. The molecule has 166 valence electrons. The number of nitrogens with one attached hydrogen (secondary N) is 1. The third-order valence-electron chi connectivity index (χ3n) is 4.96. The van der Waals surface area contributed by atoms with E-state index in [1.54, 1.807) is 18.5 Å². The standard InChI is InChI=1S/C25H27ClN4O2/c1-6-8-23(30(4)5)20-11-16(2)29-25-19(20)9-7-10-24(25)32-15-21-18(13-28-17(3)31)12-27-14-22(21)26/h6-12,14H,1,13,15H2,2-5H3,(H,28,31)/b23-8-. The highest BCUT2D eigenvalue weighted by Gasteiger charge is 2.15. The van der Waals surface area contributed by atoms with E-state index in [-0.39, 0.29) is 12.5 Å². The number of aromatic nitrogens is 2. The fourth-order valence-electron chi connectivity index (χ4n) is 3.46. The van der Waals surface area contributed by atoms with Crippen molar-refractivity contribution in [3.05, 3.63) is 82.8 Å². The Labute approximate surface area is 193 Å². The minimum atomic E-state index is -0.123. The first-order valence-corrected chi connectivity index (χ1v) is 10.6. The number of allylic oxidation sites excluding steroid dienone is 2. The molecule has 1 amide bonds. The van der Waals surface area contributed by atoms with Crippen LogP contribution in [-0.4, -0.2) is 34.9 Å². The van der Waals surface area contributed by atoms with E-state index < -0.39 is 0 Å². The number of fused-ring (bicyclic) bond motifs is 1. The molecule has 0 aliphatic carbocycles. The van der Waals surface area contributed by atoms with E-state index in [9.17, 15) is 4.79 Å². The van der Waals surface area contributed by atoms with E-state index in [4.69, 9.17) is 21.3 Å². The van der Waals surface area contributed by atoms with Crippen molar-refractivity contribution in [3.63, 3.8) is 0 Å². The second-order valence-corrected chi connectivity index (χ2v) is 8.01. The van der Waals surface area contributed by atoms with Gasteiger partial charge in [0.05, 0.1) is 5.02 Å². The number of pyridine rings is 2. The molecule has 0 radical (unpaired) electrons. The van der Waals surface area contributed by atoms with Crippen molar-refractivity contribution in [2.75, 3.05) is 14.1 Å². The predicted molar refractivity (Wildman–Crippen MR) is 129 cm³/mol. The maximum atomic E-state index is 11.3. The summed E-state index contributed by atoms with van der Waals surface area (Å²) in [4.78, 5) is 22.3. The fourth-order valence-corrected chi connectivity index (χ4v) is 3.69. The minimum Gasteiger partial charge on any atom is -0.487 e. The van der Waals surface area contributed by atoms with Crippen molar-refractivity contribution in [3.8, 4) is 5.75 Å². The lowest BCUT2D eigenvalue weighted by Gasteiger charge is -2.20. The van der Waals surface area contributed by atoms with E-state index in [1.165, 1.54) is 6.92 Å². The average Bonchev–Trinajstić information content (AvgIpc) is 2.74. The molecule has 0 fully saturated rings. The molecule has 1 aromatic carbocycles. The van der Waals surface area contributed by atoms with Crippen LogP contribution in [0.4, 0.5) is 0 Å². The molecule has 0 aliphatic rings. The van der Waals surface area contributed by atoms with Gasteiger partial charge in [0.25, 0.3) is 0 Å². The quantitative estimate of drug-likeness (QED) is 0.494. The van der Waals surface area contributed by atoms with E-state index in [0.29, 0.717) is 17.3 Å². The van der Waals surface area contributed by atoms with Gasteiger partial charge in [-0.15, -0.1) is 0 Å². The first-order valence-electron chi connectivity index (χ1n) is 10.2. The van der Waals surface area contributed by atoms with Crippen molar-refractivity contribution in [1.29, 1.82) is 0 Å². The molecule has 0 aliphatic heterocycles. The van der Waals surface area contributed by atoms with Gasteiger partial charge >= 0.3 is 0 Å². The Balaban J connectivity index is 2.01. The van der Waals surface area contributed by atoms with Gasteiger partial charge in [0, 0.05) is 67.9 Å². The van der Waals surface area contributed by atoms with E-state index in [2.05, 4.69) is 27.8 Å². The molecule has 0 atom stereocenters. The zero-order chi connectivity index (χ0) is 23.3. The second-order valence-electron chi connectivity index (χ2n) is 7.60. The van der Waals surface area contributed by atoms with Crippen molar-refractivity contribution in [2.24, 2.45) is 0 Å². The predicted octanol–water partition coefficient (Wildman–Crippen LogP) is 4.90. The molecular formula is C25H27ClN4O2. The van der Waals surface area contributed by atoms with Crippen molar-refractivity contribution in [1.82, 2.24) is 20.2 Å². The first-order chi connectivity index (χ1) is 15.3. The Morgan fingerprint density at radius 1 is 1.31 bits per heavy atom. The number of ether oxygens (including phenoxy) is 1. The van der Waals surface area contributed by atoms with Crippen molar-refractivity contribution < 1.29 is 9.53 Å². The van der Waals surface area contributed by atoms with Crippen LogP contribution in [0, 0.1) is 6.92 Å². The molecule has 0 saturated heterocycles. The first kappa shape index (κ1) is 23.3. The number of rotatable bonds is 8. The Hall–Kier alpha value is -3.38. The Bertz CT molecular complexity index is 1190. The van der Waals surface area contributed by atoms with Crippen LogP contribution in [0.1, 0.15) is 29.3 Å². The smallest absolute Gasteiger partial charge is 0.217 e. The molecule has 7 heteroatoms. The molecule has 3 aromatic rings. The van der Waals surface area contributed by atoms with Crippen LogP contribution >= 0.6 is 11.6 Å². The number of hydrogen-bond acceptors (Lipinski definition) is 5. The highest BCUT2D eigenvalue weighted by atomic mass is 35.5. The second kappa shape index (κ2) is 10.3. The van der Waals surface area contributed by atoms with Crippen LogP contribution in [0.2, 0.25) is 5.02 Å². The number of aryl methyl sites for hydroxylation is 1. The number of carbonyl (C=O) groups is 1. The van der Waals surface area contributed by atoms with E-state index in [0.717, 1.165) is 39.0 Å². The van der Waals surface area contributed by atoms with Gasteiger partial charge in [-0.05, 0) is 30.7 Å². The normalized spacial score (nSPS) is 11.3. The third-order valence-corrected chi connectivity index (χ3v) is 5.28. The number of hydrogen-bond donors (Lipinski definition) is 1. The summed E-state index contributed by atoms with van der Waals surface area (Å²) in [5.74, 6) is 0.532. The van der Waals surface area contributed by atoms with Crippen LogP contribution in [0.5, 0.6) is 5.75 Å². The number of halogens is 1. The SMILES string of the molecule is C=C/C=C(/c1cc(C)nc2c(OCc3c(Cl)cncc3CNC(C)=O)cccc12)N(C)C. The molecule has 0 bridgehead atoms. The number of amides is 1. The largest absolute Gasteiger partial charge is 0.487 e. The zero-order valence-electron chi connectivity index (χ0n) is 18.8. The number of benzene rings is 1. The van der Waals surface area contributed by atoms with E-state index in [1.807, 2.05) is 45.3 Å². The lowest BCUT2D eigenvalue weighted by atomic mass is 10.0. The highest BCUT2D eigenvalue weighted by Crippen LogP contribution is 2.32. The monoisotopic (exact) mass is 450 g/mol.